The Kier molecular flexibility index (Phi) is 26.2. The summed E-state index contributed by atoms with van der Waals surface area (Å²) >= 11 is 5.93. The molecule has 1 unspecified atom stereocenters. The molecule has 1 aromatic carbocycles. The number of carbonyl (C=O) groups excluding carboxylic acids is 1. The van der Waals surface area contributed by atoms with Crippen molar-refractivity contribution in [3.05, 3.63) is 53.1 Å². The zero-order valence-corrected chi connectivity index (χ0v) is 28.6. The zero-order valence-electron chi connectivity index (χ0n) is 27.8. The van der Waals surface area contributed by atoms with Crippen molar-refractivity contribution in [2.24, 2.45) is 0 Å². The fraction of sp³-hybridized carbons (Fsp3) is 0.694. The van der Waals surface area contributed by atoms with E-state index >= 15 is 0 Å². The highest BCUT2D eigenvalue weighted by Gasteiger charge is 2.19. The third-order valence-electron chi connectivity index (χ3n) is 7.39. The van der Waals surface area contributed by atoms with Crippen LogP contribution in [0.5, 0.6) is 0 Å². The molecule has 1 aromatic rings. The number of hydrogen-bond donors (Lipinski definition) is 0. The van der Waals surface area contributed by atoms with Gasteiger partial charge >= 0.3 is 0 Å². The van der Waals surface area contributed by atoms with Crippen molar-refractivity contribution in [1.29, 1.82) is 0 Å². The summed E-state index contributed by atoms with van der Waals surface area (Å²) in [6.45, 7) is 22.3. The van der Waals surface area contributed by atoms with Gasteiger partial charge < -0.3 is 9.80 Å². The molecule has 0 radical (unpaired) electrons. The number of carbonyl (C=O) groups is 1. The maximum absolute atomic E-state index is 11.7. The largest absolute Gasteiger partial charge is 0.367 e. The number of unbranched alkanes of at least 4 members (excludes halogenated alkanes) is 2. The number of halogens is 1. The molecule has 1 aliphatic rings. The van der Waals surface area contributed by atoms with Crippen LogP contribution < -0.4 is 4.90 Å². The van der Waals surface area contributed by atoms with Gasteiger partial charge in [-0.05, 0) is 70.7 Å². The van der Waals surface area contributed by atoms with E-state index in [0.29, 0.717) is 6.04 Å². The molecule has 0 aromatic heterocycles. The summed E-state index contributed by atoms with van der Waals surface area (Å²) in [7, 11) is 0. The van der Waals surface area contributed by atoms with Crippen LogP contribution in [0.3, 0.4) is 0 Å². The number of anilines is 1. The van der Waals surface area contributed by atoms with Gasteiger partial charge in [-0.2, -0.15) is 0 Å². The molecule has 1 heterocycles. The van der Waals surface area contributed by atoms with Crippen LogP contribution in [-0.4, -0.2) is 67.9 Å². The van der Waals surface area contributed by atoms with E-state index in [2.05, 4.69) is 79.7 Å². The van der Waals surface area contributed by atoms with Crippen LogP contribution in [0.15, 0.2) is 42.0 Å². The molecular formula is C36H64ClN3O. The lowest BCUT2D eigenvalue weighted by molar-refractivity contribution is 0.112. The van der Waals surface area contributed by atoms with Crippen LogP contribution in [0, 0.1) is 0 Å². The standard InChI is InChI=1S/C31H50ClN3O.C3H8.C2H6/c1-4-6-10-15-30-17-16-29(27-36)26-31(30)35(28(3)14-7-5-2)25-24-34(21-13-18-32)23-22-33-19-11-8-9-12-20-33;1-3-2;1-2/h5,7,13,16-18,26-28H,4,6,8-12,14-15,19-25H2,1-3H3;3H2,1-2H3;1-2H3/b7-5-,18-13+;;. The van der Waals surface area contributed by atoms with Crippen LogP contribution in [0.1, 0.15) is 122 Å². The maximum atomic E-state index is 11.7. The minimum Gasteiger partial charge on any atom is -0.367 e. The third-order valence-corrected chi connectivity index (χ3v) is 7.57. The molecule has 0 amide bonds. The highest BCUT2D eigenvalue weighted by Crippen LogP contribution is 2.27. The molecule has 41 heavy (non-hydrogen) atoms. The van der Waals surface area contributed by atoms with Crippen LogP contribution in [0.4, 0.5) is 5.69 Å². The fourth-order valence-corrected chi connectivity index (χ4v) is 5.19. The Labute approximate surface area is 260 Å². The molecule has 5 heteroatoms. The van der Waals surface area contributed by atoms with Gasteiger partial charge in [0.25, 0.3) is 0 Å². The number of allylic oxidation sites excluding steroid dienone is 1. The molecule has 0 aliphatic carbocycles. The molecule has 4 nitrogen and oxygen atoms in total. The lowest BCUT2D eigenvalue weighted by Gasteiger charge is -2.35. The fourth-order valence-electron chi connectivity index (χ4n) is 5.11. The first-order valence-electron chi connectivity index (χ1n) is 16.7. The Morgan fingerprint density at radius 3 is 2.24 bits per heavy atom. The van der Waals surface area contributed by atoms with Gasteiger partial charge in [0.1, 0.15) is 6.29 Å². The highest BCUT2D eigenvalue weighted by molar-refractivity contribution is 6.25. The number of likely N-dealkylation sites (tertiary alicyclic amines) is 1. The van der Waals surface area contributed by atoms with E-state index in [1.807, 2.05) is 19.9 Å². The van der Waals surface area contributed by atoms with Crippen molar-refractivity contribution >= 4 is 23.6 Å². The molecule has 0 bridgehead atoms. The predicted octanol–water partition coefficient (Wildman–Crippen LogP) is 9.77. The number of nitrogens with zero attached hydrogens (tertiary/aromatic N) is 3. The van der Waals surface area contributed by atoms with Crippen LogP contribution in [-0.2, 0) is 6.42 Å². The van der Waals surface area contributed by atoms with Gasteiger partial charge in [-0.25, -0.2) is 0 Å². The number of rotatable bonds is 17. The van der Waals surface area contributed by atoms with Gasteiger partial charge in [0.2, 0.25) is 0 Å². The molecule has 236 valence electrons. The molecule has 1 fully saturated rings. The summed E-state index contributed by atoms with van der Waals surface area (Å²) in [6.07, 6.45) is 19.7. The van der Waals surface area contributed by atoms with Crippen molar-refractivity contribution in [3.63, 3.8) is 0 Å². The first-order valence-corrected chi connectivity index (χ1v) is 17.1. The summed E-state index contributed by atoms with van der Waals surface area (Å²) in [5.74, 6) is 0. The first kappa shape index (κ1) is 39.4. The van der Waals surface area contributed by atoms with E-state index in [0.717, 1.165) is 57.4 Å². The van der Waals surface area contributed by atoms with Gasteiger partial charge in [-0.15, -0.1) is 0 Å². The Morgan fingerprint density at radius 1 is 0.976 bits per heavy atom. The molecule has 0 spiro atoms. The van der Waals surface area contributed by atoms with E-state index in [9.17, 15) is 4.79 Å². The maximum Gasteiger partial charge on any atom is 0.150 e. The highest BCUT2D eigenvalue weighted by atomic mass is 35.5. The van der Waals surface area contributed by atoms with Crippen molar-refractivity contribution in [2.45, 2.75) is 119 Å². The van der Waals surface area contributed by atoms with E-state index < -0.39 is 0 Å². The van der Waals surface area contributed by atoms with Crippen LogP contribution in [0.2, 0.25) is 0 Å². The van der Waals surface area contributed by atoms with Crippen molar-refractivity contribution in [3.8, 4) is 0 Å². The SMILES string of the molecule is C/C=C\CC(C)N(CCN(C/C=C/Cl)CCN1CCCCCC1)c1cc(C=O)ccc1CCCCC.CC.CCC. The summed E-state index contributed by atoms with van der Waals surface area (Å²) < 4.78 is 0. The summed E-state index contributed by atoms with van der Waals surface area (Å²) in [5.41, 5.74) is 4.99. The second-order valence-electron chi connectivity index (χ2n) is 10.9. The van der Waals surface area contributed by atoms with E-state index in [1.54, 1.807) is 5.54 Å². The van der Waals surface area contributed by atoms with E-state index in [-0.39, 0.29) is 0 Å². The number of aryl methyl sites for hydroxylation is 1. The quantitative estimate of drug-likeness (QED) is 0.103. The van der Waals surface area contributed by atoms with Gasteiger partial charge in [-0.3, -0.25) is 9.69 Å². The summed E-state index contributed by atoms with van der Waals surface area (Å²) in [4.78, 5) is 19.4. The topological polar surface area (TPSA) is 26.8 Å². The Balaban J connectivity index is 0.00000299. The minimum absolute atomic E-state index is 0.351. The first-order chi connectivity index (χ1) is 20.0. The predicted molar refractivity (Wildman–Crippen MR) is 185 cm³/mol. The molecule has 2 rings (SSSR count). The Morgan fingerprint density at radius 2 is 1.66 bits per heavy atom. The Hall–Kier alpha value is -1.62. The van der Waals surface area contributed by atoms with Gasteiger partial charge in [0.15, 0.2) is 0 Å². The average Bonchev–Trinajstić information content (AvgIpc) is 3.28. The van der Waals surface area contributed by atoms with Crippen LogP contribution in [0.25, 0.3) is 0 Å². The van der Waals surface area contributed by atoms with Gasteiger partial charge in [0, 0.05) is 55.6 Å². The normalized spacial score (nSPS) is 14.8. The molecule has 1 aliphatic heterocycles. The average molecular weight is 590 g/mol. The molecule has 1 atom stereocenters. The lowest BCUT2D eigenvalue weighted by atomic mass is 10.0. The van der Waals surface area contributed by atoms with Crippen molar-refractivity contribution in [2.75, 3.05) is 50.7 Å². The molecule has 0 N–H and O–H groups in total. The number of benzene rings is 1. The third kappa shape index (κ3) is 17.8. The second-order valence-corrected chi connectivity index (χ2v) is 11.2. The molecule has 0 saturated carbocycles. The van der Waals surface area contributed by atoms with Gasteiger partial charge in [-0.1, -0.05) is 109 Å². The summed E-state index contributed by atoms with van der Waals surface area (Å²) in [5, 5.41) is 0. The number of aldehydes is 1. The monoisotopic (exact) mass is 589 g/mol. The van der Waals surface area contributed by atoms with Crippen molar-refractivity contribution in [1.82, 2.24) is 9.80 Å². The zero-order chi connectivity index (χ0) is 30.7. The minimum atomic E-state index is 0.351. The molecular weight excluding hydrogens is 526 g/mol. The number of hydrogen-bond acceptors (Lipinski definition) is 4. The van der Waals surface area contributed by atoms with E-state index in [1.165, 1.54) is 75.7 Å². The second kappa shape index (κ2) is 27.2. The smallest absolute Gasteiger partial charge is 0.150 e. The van der Waals surface area contributed by atoms with E-state index in [4.69, 9.17) is 11.6 Å². The van der Waals surface area contributed by atoms with Crippen LogP contribution >= 0.6 is 11.6 Å². The lowest BCUT2D eigenvalue weighted by Crippen LogP contribution is -2.43. The van der Waals surface area contributed by atoms with Gasteiger partial charge in [0.05, 0.1) is 0 Å². The summed E-state index contributed by atoms with van der Waals surface area (Å²) in [6, 6.07) is 6.62. The molecule has 1 saturated heterocycles. The van der Waals surface area contributed by atoms with Crippen molar-refractivity contribution < 1.29 is 4.79 Å². The Bertz CT molecular complexity index is 802.